The molecule has 50 heavy (non-hydrogen) atoms. The first-order chi connectivity index (χ1) is 23.6. The molecule has 3 heterocycles. The van der Waals surface area contributed by atoms with Crippen LogP contribution in [0.4, 0.5) is 10.5 Å². The number of nitrogens with zero attached hydrogens (tertiary/aromatic N) is 5. The van der Waals surface area contributed by atoms with Crippen molar-refractivity contribution in [3.63, 3.8) is 0 Å². The Kier molecular flexibility index (Phi) is 12.6. The van der Waals surface area contributed by atoms with Gasteiger partial charge in [0.1, 0.15) is 31.3 Å². The number of amides is 1. The number of methoxy groups -OCH3 is 1. The number of benzene rings is 1. The lowest BCUT2D eigenvalue weighted by atomic mass is 9.53. The van der Waals surface area contributed by atoms with Crippen LogP contribution in [-0.2, 0) is 30.3 Å². The zero-order chi connectivity index (χ0) is 37.0. The zero-order valence-electron chi connectivity index (χ0n) is 31.6. The van der Waals surface area contributed by atoms with Crippen molar-refractivity contribution in [2.45, 2.75) is 109 Å². The van der Waals surface area contributed by atoms with Gasteiger partial charge < -0.3 is 24.8 Å². The van der Waals surface area contributed by atoms with Crippen LogP contribution >= 0.6 is 0 Å². The highest BCUT2D eigenvalue weighted by atomic mass is 16.6. The molecule has 0 radical (unpaired) electrons. The Morgan fingerprint density at radius 1 is 1.16 bits per heavy atom. The molecule has 1 amide bonds. The SMILES string of the molecule is B[C@@]1(C(C)OC)CC[C@@H](C)CN(C)[C@H](C)[C@H]2N(C/C=C/Cn3cc(-c4cccc(N)c4)nn3)C(=O)O[C@]2(C)[C@@H](CC)OC(=O)[C@H](C)C(=O)[C@@H]1C. The molecule has 2 aromatic rings. The molecule has 1 unspecified atom stereocenters. The molecule has 0 aliphatic carbocycles. The highest BCUT2D eigenvalue weighted by Gasteiger charge is 2.59. The first-order valence-corrected chi connectivity index (χ1v) is 17.9. The number of hydrogen-bond donors (Lipinski definition) is 1. The number of hydrogen-bond acceptors (Lipinski definition) is 10. The van der Waals surface area contributed by atoms with E-state index in [1.807, 2.05) is 70.3 Å². The number of carbonyl (C=O) groups is 3. The van der Waals surface area contributed by atoms with E-state index in [0.29, 0.717) is 18.7 Å². The summed E-state index contributed by atoms with van der Waals surface area (Å²) in [6.45, 7) is 15.1. The Morgan fingerprint density at radius 2 is 1.86 bits per heavy atom. The van der Waals surface area contributed by atoms with Crippen molar-refractivity contribution < 1.29 is 28.6 Å². The molecular weight excluding hydrogens is 635 g/mol. The van der Waals surface area contributed by atoms with Gasteiger partial charge in [0.25, 0.3) is 0 Å². The van der Waals surface area contributed by atoms with Gasteiger partial charge in [-0.1, -0.05) is 56.7 Å². The third-order valence-electron chi connectivity index (χ3n) is 11.6. The first-order valence-electron chi connectivity index (χ1n) is 17.9. The molecule has 2 N–H and O–H groups in total. The smallest absolute Gasteiger partial charge is 0.411 e. The second kappa shape index (κ2) is 16.1. The number of esters is 1. The molecule has 9 atom stereocenters. The molecule has 2 saturated heterocycles. The number of cyclic esters (lactones) is 1. The Bertz CT molecular complexity index is 1540. The van der Waals surface area contributed by atoms with E-state index in [4.69, 9.17) is 19.9 Å². The molecule has 0 saturated carbocycles. The normalized spacial score (nSPS) is 32.7. The molecule has 0 spiro atoms. The van der Waals surface area contributed by atoms with Gasteiger partial charge in [-0.15, -0.1) is 5.10 Å². The van der Waals surface area contributed by atoms with E-state index < -0.39 is 47.0 Å². The third-order valence-corrected chi connectivity index (χ3v) is 11.6. The van der Waals surface area contributed by atoms with Crippen LogP contribution in [0.3, 0.4) is 0 Å². The number of allylic oxidation sites excluding steroid dienone is 1. The minimum Gasteiger partial charge on any atom is -0.458 e. The average molecular weight is 693 g/mol. The number of nitrogens with two attached hydrogens (primary N) is 1. The summed E-state index contributed by atoms with van der Waals surface area (Å²) in [5.41, 5.74) is 7.02. The van der Waals surface area contributed by atoms with Crippen molar-refractivity contribution in [1.82, 2.24) is 24.8 Å². The molecule has 274 valence electrons. The monoisotopic (exact) mass is 692 g/mol. The summed E-state index contributed by atoms with van der Waals surface area (Å²) < 4.78 is 19.9. The van der Waals surface area contributed by atoms with Crippen LogP contribution in [0.5, 0.6) is 0 Å². The molecule has 1 aromatic carbocycles. The number of nitrogen functional groups attached to an aromatic ring is 1. The number of rotatable bonds is 8. The number of anilines is 1. The summed E-state index contributed by atoms with van der Waals surface area (Å²) in [5.74, 6) is -1.92. The number of ketones is 1. The van der Waals surface area contributed by atoms with Crippen LogP contribution in [0.25, 0.3) is 11.3 Å². The summed E-state index contributed by atoms with van der Waals surface area (Å²) in [4.78, 5) is 45.2. The molecule has 13 heteroatoms. The van der Waals surface area contributed by atoms with Crippen LogP contribution < -0.4 is 5.73 Å². The topological polar surface area (TPSA) is 142 Å². The van der Waals surface area contributed by atoms with Gasteiger partial charge in [0.2, 0.25) is 0 Å². The fourth-order valence-corrected chi connectivity index (χ4v) is 7.76. The predicted octanol–water partition coefficient (Wildman–Crippen LogP) is 4.40. The number of ether oxygens (including phenoxy) is 3. The molecule has 2 aliphatic heterocycles. The van der Waals surface area contributed by atoms with Gasteiger partial charge in [0.05, 0.1) is 24.9 Å². The van der Waals surface area contributed by atoms with E-state index in [1.165, 1.54) is 0 Å². The van der Waals surface area contributed by atoms with E-state index in [9.17, 15) is 14.4 Å². The summed E-state index contributed by atoms with van der Waals surface area (Å²) in [6, 6.07) is 6.88. The van der Waals surface area contributed by atoms with E-state index in [-0.39, 0.29) is 30.4 Å². The molecular formula is C37H57BN6O6. The lowest BCUT2D eigenvalue weighted by Crippen LogP contribution is -2.61. The highest BCUT2D eigenvalue weighted by Crippen LogP contribution is 2.45. The van der Waals surface area contributed by atoms with Gasteiger partial charge in [-0.3, -0.25) is 14.5 Å². The van der Waals surface area contributed by atoms with Crippen molar-refractivity contribution in [1.29, 1.82) is 0 Å². The standard InChI is InChI=1S/C37H57BN6O6/c1-10-31-36(7)33(44(35(47)50-36)19-12-11-18-43-22-30(40-41-43)28-14-13-15-29(39)20-28)26(5)42(8)21-23(2)16-17-37(38,27(6)48-9)25(4)32(45)24(3)34(46)49-31/h11-15,20,22-27,31,33H,10,16-19,21,38-39H2,1-9H3/b12-11+/t23-,24-,25+,26-,27?,31-,33-,36-,37+/m1/s1. The summed E-state index contributed by atoms with van der Waals surface area (Å²) in [7, 11) is 5.82. The second-order valence-electron chi connectivity index (χ2n) is 15.0. The summed E-state index contributed by atoms with van der Waals surface area (Å²) in [6.07, 6.45) is 6.29. The fourth-order valence-electron chi connectivity index (χ4n) is 7.76. The van der Waals surface area contributed by atoms with E-state index in [2.05, 4.69) is 44.0 Å². The minimum atomic E-state index is -1.17. The Morgan fingerprint density at radius 3 is 2.52 bits per heavy atom. The molecule has 4 rings (SSSR count). The molecule has 12 nitrogen and oxygen atoms in total. The fraction of sp³-hybridized carbons (Fsp3) is 0.649. The maximum Gasteiger partial charge on any atom is 0.411 e. The van der Waals surface area contributed by atoms with Crippen molar-refractivity contribution in [2.24, 2.45) is 17.8 Å². The summed E-state index contributed by atoms with van der Waals surface area (Å²) >= 11 is 0. The van der Waals surface area contributed by atoms with E-state index >= 15 is 0 Å². The van der Waals surface area contributed by atoms with E-state index in [0.717, 1.165) is 30.6 Å². The van der Waals surface area contributed by atoms with Crippen molar-refractivity contribution in [3.05, 3.63) is 42.6 Å². The Balaban J connectivity index is 1.61. The number of fused-ring (bicyclic) bond motifs is 1. The highest BCUT2D eigenvalue weighted by molar-refractivity contribution is 6.18. The van der Waals surface area contributed by atoms with Gasteiger partial charge in [-0.25, -0.2) is 9.48 Å². The van der Waals surface area contributed by atoms with E-state index in [1.54, 1.807) is 23.6 Å². The number of Topliss-reactive ketones (excluding diaryl/α,β-unsaturated/α-hetero) is 1. The molecule has 2 fully saturated rings. The Labute approximate surface area is 298 Å². The van der Waals surface area contributed by atoms with Crippen molar-refractivity contribution in [3.8, 4) is 11.3 Å². The molecule has 1 aromatic heterocycles. The molecule has 0 bridgehead atoms. The van der Waals surface area contributed by atoms with Gasteiger partial charge in [0.15, 0.2) is 5.60 Å². The van der Waals surface area contributed by atoms with Crippen LogP contribution in [0.15, 0.2) is 42.6 Å². The van der Waals surface area contributed by atoms with Crippen LogP contribution in [0.2, 0.25) is 5.31 Å². The minimum absolute atomic E-state index is 0.154. The third kappa shape index (κ3) is 8.09. The van der Waals surface area contributed by atoms with Gasteiger partial charge in [0, 0.05) is 43.4 Å². The lowest BCUT2D eigenvalue weighted by molar-refractivity contribution is -0.171. The lowest BCUT2D eigenvalue weighted by Gasteiger charge is -2.43. The molecule has 2 aliphatic rings. The Hall–Kier alpha value is -3.71. The van der Waals surface area contributed by atoms with Gasteiger partial charge >= 0.3 is 12.1 Å². The summed E-state index contributed by atoms with van der Waals surface area (Å²) in [5, 5.41) is 8.04. The second-order valence-corrected chi connectivity index (χ2v) is 15.0. The van der Waals surface area contributed by atoms with Crippen molar-refractivity contribution in [2.75, 3.05) is 33.0 Å². The predicted molar refractivity (Wildman–Crippen MR) is 196 cm³/mol. The largest absolute Gasteiger partial charge is 0.458 e. The zero-order valence-corrected chi connectivity index (χ0v) is 31.6. The average Bonchev–Trinajstić information content (AvgIpc) is 3.67. The first kappa shape index (κ1) is 39.1. The number of carbonyl (C=O) groups excluding carboxylic acids is 3. The quantitative estimate of drug-likeness (QED) is 0.139. The number of likely N-dealkylation sites (N-methyl/N-ethyl adjacent to an activating group) is 1. The van der Waals surface area contributed by atoms with Gasteiger partial charge in [-0.05, 0) is 70.9 Å². The van der Waals surface area contributed by atoms with Crippen molar-refractivity contribution >= 4 is 31.4 Å². The maximum absolute atomic E-state index is 13.9. The van der Waals surface area contributed by atoms with Gasteiger partial charge in [-0.2, -0.15) is 0 Å². The van der Waals surface area contributed by atoms with Crippen LogP contribution in [-0.4, -0.2) is 108 Å². The maximum atomic E-state index is 13.9. The van der Waals surface area contributed by atoms with Crippen LogP contribution in [0.1, 0.15) is 67.7 Å². The number of aromatic nitrogens is 3. The van der Waals surface area contributed by atoms with Crippen LogP contribution in [0, 0.1) is 17.8 Å².